The number of hydrogen-bond acceptors (Lipinski definition) is 4. The predicted octanol–water partition coefficient (Wildman–Crippen LogP) is 1.06. The molecule has 0 radical (unpaired) electrons. The molecule has 0 saturated carbocycles. The van der Waals surface area contributed by atoms with E-state index in [1.807, 2.05) is 0 Å². The van der Waals surface area contributed by atoms with Crippen LogP contribution in [0.1, 0.15) is 13.8 Å². The molecule has 78 valence electrons. The van der Waals surface area contributed by atoms with Gasteiger partial charge in [-0.2, -0.15) is 0 Å². The summed E-state index contributed by atoms with van der Waals surface area (Å²) in [6.07, 6.45) is 0.127. The van der Waals surface area contributed by atoms with Crippen LogP contribution in [0.15, 0.2) is 11.8 Å². The molecule has 1 N–H and O–H groups in total. The number of ether oxygens (including phenoxy) is 2. The van der Waals surface area contributed by atoms with E-state index in [-0.39, 0.29) is 31.0 Å². The second-order valence-corrected chi connectivity index (χ2v) is 2.73. The minimum atomic E-state index is -0.536. The van der Waals surface area contributed by atoms with Gasteiger partial charge in [0, 0.05) is 39.8 Å². The molecule has 5 heteroatoms. The van der Waals surface area contributed by atoms with Crippen LogP contribution in [0.2, 0.25) is 0 Å². The van der Waals surface area contributed by atoms with Gasteiger partial charge >= 0.3 is 0 Å². The van der Waals surface area contributed by atoms with Gasteiger partial charge in [-0.25, -0.2) is 0 Å². The molecule has 0 aliphatic rings. The number of carbonyl (C=O) groups excluding carboxylic acids is 1. The van der Waals surface area contributed by atoms with Gasteiger partial charge in [-0.05, 0) is 13.8 Å². The molecule has 0 fully saturated rings. The molecule has 0 saturated heterocycles. The molecule has 14 heavy (non-hydrogen) atoms. The van der Waals surface area contributed by atoms with Crippen LogP contribution in [-0.2, 0) is 33.7 Å². The van der Waals surface area contributed by atoms with Crippen molar-refractivity contribution in [2.24, 2.45) is 0 Å². The Morgan fingerprint density at radius 3 is 2.00 bits per heavy atom. The van der Waals surface area contributed by atoms with Crippen molar-refractivity contribution in [1.82, 2.24) is 0 Å². The molecule has 0 aromatic carbocycles. The zero-order valence-electron chi connectivity index (χ0n) is 9.11. The van der Waals surface area contributed by atoms with E-state index in [4.69, 9.17) is 9.47 Å². The van der Waals surface area contributed by atoms with Crippen LogP contribution < -0.4 is 0 Å². The van der Waals surface area contributed by atoms with Crippen LogP contribution >= 0.6 is 0 Å². The number of ketones is 1. The van der Waals surface area contributed by atoms with Gasteiger partial charge in [0.25, 0.3) is 0 Å². The van der Waals surface area contributed by atoms with E-state index in [1.54, 1.807) is 13.8 Å². The van der Waals surface area contributed by atoms with Crippen LogP contribution in [0.25, 0.3) is 0 Å². The van der Waals surface area contributed by atoms with Crippen molar-refractivity contribution in [2.75, 3.05) is 14.2 Å². The smallest absolute Gasteiger partial charge is 0.187 e. The molecule has 0 rings (SSSR count). The summed E-state index contributed by atoms with van der Waals surface area (Å²) in [5.41, 5.74) is 0. The van der Waals surface area contributed by atoms with E-state index in [1.165, 1.54) is 14.2 Å². The summed E-state index contributed by atoms with van der Waals surface area (Å²) in [5.74, 6) is -0.361. The summed E-state index contributed by atoms with van der Waals surface area (Å²) in [6, 6.07) is 0. The summed E-state index contributed by atoms with van der Waals surface area (Å²) < 4.78 is 9.60. The van der Waals surface area contributed by atoms with Gasteiger partial charge in [-0.1, -0.05) is 0 Å². The van der Waals surface area contributed by atoms with Gasteiger partial charge in [0.2, 0.25) is 0 Å². The van der Waals surface area contributed by atoms with Gasteiger partial charge in [-0.3, -0.25) is 4.79 Å². The second kappa shape index (κ2) is 8.09. The van der Waals surface area contributed by atoms with Crippen LogP contribution in [-0.4, -0.2) is 37.3 Å². The van der Waals surface area contributed by atoms with Gasteiger partial charge in [0.1, 0.15) is 18.0 Å². The Kier molecular flexibility index (Phi) is 9.36. The number of aliphatic hydroxyl groups excluding tert-OH is 1. The van der Waals surface area contributed by atoms with E-state index in [2.05, 4.69) is 0 Å². The molecule has 0 amide bonds. The zero-order valence-corrected chi connectivity index (χ0v) is 12.1. The largest absolute Gasteiger partial charge is 0.509 e. The predicted molar refractivity (Wildman–Crippen MR) is 48.7 cm³/mol. The van der Waals surface area contributed by atoms with Crippen LogP contribution in [0.5, 0.6) is 0 Å². The Labute approximate surface area is 97.0 Å². The standard InChI is InChI=1S/C9H16O4.Zn/c1-6(12-3)8(10)5-9(11)7(2)13-4;/h5-7,10H,1-4H3;/b8-5-;. The van der Waals surface area contributed by atoms with Crippen LogP contribution in [0.4, 0.5) is 0 Å². The van der Waals surface area contributed by atoms with E-state index in [0.717, 1.165) is 6.08 Å². The fourth-order valence-corrected chi connectivity index (χ4v) is 0.617. The molecule has 2 unspecified atom stereocenters. The van der Waals surface area contributed by atoms with Crippen molar-refractivity contribution in [1.29, 1.82) is 0 Å². The summed E-state index contributed by atoms with van der Waals surface area (Å²) in [6.45, 7) is 3.26. The summed E-state index contributed by atoms with van der Waals surface area (Å²) in [4.78, 5) is 11.2. The number of carbonyl (C=O) groups is 1. The second-order valence-electron chi connectivity index (χ2n) is 2.73. The third-order valence-electron chi connectivity index (χ3n) is 1.81. The normalized spacial score (nSPS) is 15.6. The Hall–Kier alpha value is -0.247. The SMILES string of the molecule is COC(C)C(=O)/C=C(\O)C(C)OC.[Zn]. The first-order valence-electron chi connectivity index (χ1n) is 4.03. The Morgan fingerprint density at radius 1 is 1.21 bits per heavy atom. The monoisotopic (exact) mass is 252 g/mol. The Bertz CT molecular complexity index is 203. The Morgan fingerprint density at radius 2 is 1.64 bits per heavy atom. The van der Waals surface area contributed by atoms with Gasteiger partial charge in [-0.15, -0.1) is 0 Å². The van der Waals surface area contributed by atoms with Gasteiger partial charge in [0.05, 0.1) is 0 Å². The molecule has 0 spiro atoms. The molecule has 0 aromatic heterocycles. The molecule has 2 atom stereocenters. The molecular weight excluding hydrogens is 237 g/mol. The number of rotatable bonds is 5. The zero-order chi connectivity index (χ0) is 10.4. The van der Waals surface area contributed by atoms with Crippen molar-refractivity contribution in [3.63, 3.8) is 0 Å². The summed E-state index contributed by atoms with van der Waals surface area (Å²) in [7, 11) is 2.89. The molecular formula is C9H16O4Zn. The first kappa shape index (κ1) is 16.2. The molecule has 0 bridgehead atoms. The maximum absolute atomic E-state index is 11.2. The maximum atomic E-state index is 11.2. The van der Waals surface area contributed by atoms with Crippen molar-refractivity contribution in [3.8, 4) is 0 Å². The first-order chi connectivity index (χ1) is 6.02. The molecule has 0 aromatic rings. The topological polar surface area (TPSA) is 55.8 Å². The third-order valence-corrected chi connectivity index (χ3v) is 1.81. The van der Waals surface area contributed by atoms with Crippen LogP contribution in [0, 0.1) is 0 Å². The maximum Gasteiger partial charge on any atom is 0.187 e. The number of methoxy groups -OCH3 is 2. The molecule has 0 heterocycles. The minimum absolute atomic E-state index is 0. The molecule has 0 aliphatic carbocycles. The van der Waals surface area contributed by atoms with Crippen molar-refractivity contribution >= 4 is 5.78 Å². The van der Waals surface area contributed by atoms with Crippen molar-refractivity contribution in [2.45, 2.75) is 26.1 Å². The fourth-order valence-electron chi connectivity index (χ4n) is 0.617. The first-order valence-corrected chi connectivity index (χ1v) is 4.03. The minimum Gasteiger partial charge on any atom is -0.509 e. The van der Waals surface area contributed by atoms with Crippen LogP contribution in [0.3, 0.4) is 0 Å². The fraction of sp³-hybridized carbons (Fsp3) is 0.667. The summed E-state index contributed by atoms with van der Waals surface area (Å²) in [5, 5.41) is 9.29. The average Bonchev–Trinajstić information content (AvgIpc) is 2.14. The van der Waals surface area contributed by atoms with Crippen molar-refractivity contribution in [3.05, 3.63) is 11.8 Å². The van der Waals surface area contributed by atoms with E-state index in [0.29, 0.717) is 0 Å². The Balaban J connectivity index is 0. The van der Waals surface area contributed by atoms with E-state index >= 15 is 0 Å². The average molecular weight is 254 g/mol. The van der Waals surface area contributed by atoms with Gasteiger partial charge < -0.3 is 14.6 Å². The number of hydrogen-bond donors (Lipinski definition) is 1. The summed E-state index contributed by atoms with van der Waals surface area (Å²) >= 11 is 0. The molecule has 0 aliphatic heterocycles. The third kappa shape index (κ3) is 5.48. The number of aliphatic hydroxyl groups is 1. The quantitative estimate of drug-likeness (QED) is 0.452. The van der Waals surface area contributed by atoms with Crippen molar-refractivity contribution < 1.29 is 38.9 Å². The van der Waals surface area contributed by atoms with E-state index < -0.39 is 12.2 Å². The van der Waals surface area contributed by atoms with Gasteiger partial charge in [0.15, 0.2) is 5.78 Å². The molecule has 4 nitrogen and oxygen atoms in total. The van der Waals surface area contributed by atoms with E-state index in [9.17, 15) is 9.90 Å².